The van der Waals surface area contributed by atoms with Gasteiger partial charge in [-0.1, -0.05) is 48.9 Å². The SMILES string of the molecule is CCNC(Cc1ccc(C)cc1)c1ccc(C)cc1OC. The second-order valence-corrected chi connectivity index (χ2v) is 5.55. The van der Waals surface area contributed by atoms with Crippen LogP contribution in [0.5, 0.6) is 5.75 Å². The molecule has 0 spiro atoms. The van der Waals surface area contributed by atoms with Gasteiger partial charge in [0.1, 0.15) is 5.75 Å². The highest BCUT2D eigenvalue weighted by Crippen LogP contribution is 2.28. The van der Waals surface area contributed by atoms with Gasteiger partial charge in [0.15, 0.2) is 0 Å². The van der Waals surface area contributed by atoms with Gasteiger partial charge in [-0.25, -0.2) is 0 Å². The Morgan fingerprint density at radius 2 is 1.67 bits per heavy atom. The van der Waals surface area contributed by atoms with Crippen molar-refractivity contribution in [2.24, 2.45) is 0 Å². The van der Waals surface area contributed by atoms with Gasteiger partial charge in [-0.2, -0.15) is 0 Å². The second kappa shape index (κ2) is 7.28. The summed E-state index contributed by atoms with van der Waals surface area (Å²) in [6, 6.07) is 15.5. The van der Waals surface area contributed by atoms with Gasteiger partial charge in [0, 0.05) is 11.6 Å². The van der Waals surface area contributed by atoms with Crippen LogP contribution in [0.15, 0.2) is 42.5 Å². The van der Waals surface area contributed by atoms with Gasteiger partial charge in [0.05, 0.1) is 7.11 Å². The van der Waals surface area contributed by atoms with E-state index in [4.69, 9.17) is 4.74 Å². The lowest BCUT2D eigenvalue weighted by Crippen LogP contribution is -2.23. The largest absolute Gasteiger partial charge is 0.496 e. The van der Waals surface area contributed by atoms with Crippen LogP contribution in [0.2, 0.25) is 0 Å². The van der Waals surface area contributed by atoms with Crippen LogP contribution >= 0.6 is 0 Å². The van der Waals surface area contributed by atoms with Crippen molar-refractivity contribution in [1.82, 2.24) is 5.32 Å². The van der Waals surface area contributed by atoms with Crippen molar-refractivity contribution >= 4 is 0 Å². The molecular formula is C19H25NO. The summed E-state index contributed by atoms with van der Waals surface area (Å²) in [4.78, 5) is 0. The fraction of sp³-hybridized carbons (Fsp3) is 0.368. The number of hydrogen-bond acceptors (Lipinski definition) is 2. The summed E-state index contributed by atoms with van der Waals surface area (Å²) in [6.45, 7) is 7.29. The van der Waals surface area contributed by atoms with Gasteiger partial charge in [-0.3, -0.25) is 0 Å². The highest BCUT2D eigenvalue weighted by atomic mass is 16.5. The number of ether oxygens (including phenoxy) is 1. The fourth-order valence-electron chi connectivity index (χ4n) is 2.60. The molecule has 0 fully saturated rings. The molecule has 0 amide bonds. The lowest BCUT2D eigenvalue weighted by molar-refractivity contribution is 0.399. The molecule has 2 heteroatoms. The Labute approximate surface area is 128 Å². The van der Waals surface area contributed by atoms with Crippen molar-refractivity contribution in [2.45, 2.75) is 33.2 Å². The van der Waals surface area contributed by atoms with Gasteiger partial charge >= 0.3 is 0 Å². The van der Waals surface area contributed by atoms with Crippen LogP contribution in [0.4, 0.5) is 0 Å². The van der Waals surface area contributed by atoms with E-state index in [1.807, 2.05) is 0 Å². The zero-order valence-corrected chi connectivity index (χ0v) is 13.4. The van der Waals surface area contributed by atoms with Crippen molar-refractivity contribution in [3.05, 3.63) is 64.7 Å². The molecule has 2 rings (SSSR count). The number of benzene rings is 2. The van der Waals surface area contributed by atoms with E-state index in [1.54, 1.807) is 7.11 Å². The third-order valence-electron chi connectivity index (χ3n) is 3.78. The predicted octanol–water partition coefficient (Wildman–Crippen LogP) is 4.21. The van der Waals surface area contributed by atoms with Gasteiger partial charge in [-0.15, -0.1) is 0 Å². The quantitative estimate of drug-likeness (QED) is 0.857. The molecule has 0 bridgehead atoms. The first-order valence-corrected chi connectivity index (χ1v) is 7.57. The number of aryl methyl sites for hydroxylation is 2. The van der Waals surface area contributed by atoms with E-state index in [0.29, 0.717) is 0 Å². The minimum atomic E-state index is 0.272. The van der Waals surface area contributed by atoms with Crippen LogP contribution in [0.25, 0.3) is 0 Å². The zero-order chi connectivity index (χ0) is 15.2. The Balaban J connectivity index is 2.28. The summed E-state index contributed by atoms with van der Waals surface area (Å²) in [7, 11) is 1.74. The highest BCUT2D eigenvalue weighted by Gasteiger charge is 2.16. The van der Waals surface area contributed by atoms with Crippen LogP contribution < -0.4 is 10.1 Å². The maximum Gasteiger partial charge on any atom is 0.123 e. The van der Waals surface area contributed by atoms with E-state index < -0.39 is 0 Å². The number of likely N-dealkylation sites (N-methyl/N-ethyl adjacent to an activating group) is 1. The lowest BCUT2D eigenvalue weighted by Gasteiger charge is -2.21. The first-order valence-electron chi connectivity index (χ1n) is 7.57. The van der Waals surface area contributed by atoms with E-state index >= 15 is 0 Å². The lowest BCUT2D eigenvalue weighted by atomic mass is 9.96. The van der Waals surface area contributed by atoms with Gasteiger partial charge in [-0.05, 0) is 44.0 Å². The standard InChI is InChI=1S/C19H25NO/c1-5-20-18(13-16-9-6-14(2)7-10-16)17-11-8-15(3)12-19(17)21-4/h6-12,18,20H,5,13H2,1-4H3. The average Bonchev–Trinajstić information content (AvgIpc) is 2.49. The maximum atomic E-state index is 5.57. The Morgan fingerprint density at radius 3 is 2.29 bits per heavy atom. The molecule has 1 atom stereocenters. The Morgan fingerprint density at radius 1 is 1.00 bits per heavy atom. The molecule has 0 aliphatic carbocycles. The monoisotopic (exact) mass is 283 g/mol. The smallest absolute Gasteiger partial charge is 0.123 e. The summed E-state index contributed by atoms with van der Waals surface area (Å²) in [5.41, 5.74) is 5.09. The van der Waals surface area contributed by atoms with E-state index in [9.17, 15) is 0 Å². The van der Waals surface area contributed by atoms with E-state index in [1.165, 1.54) is 22.3 Å². The Hall–Kier alpha value is -1.80. The minimum Gasteiger partial charge on any atom is -0.496 e. The van der Waals surface area contributed by atoms with Crippen LogP contribution in [0.3, 0.4) is 0 Å². The third-order valence-corrected chi connectivity index (χ3v) is 3.78. The van der Waals surface area contributed by atoms with Gasteiger partial charge in [0.25, 0.3) is 0 Å². The van der Waals surface area contributed by atoms with Gasteiger partial charge < -0.3 is 10.1 Å². The molecule has 112 valence electrons. The molecule has 0 heterocycles. The fourth-order valence-corrected chi connectivity index (χ4v) is 2.60. The molecule has 2 aromatic rings. The molecule has 2 nitrogen and oxygen atoms in total. The number of methoxy groups -OCH3 is 1. The number of rotatable bonds is 6. The van der Waals surface area contributed by atoms with E-state index in [2.05, 4.69) is 68.6 Å². The summed E-state index contributed by atoms with van der Waals surface area (Å²) < 4.78 is 5.57. The van der Waals surface area contributed by atoms with Crippen LogP contribution in [-0.4, -0.2) is 13.7 Å². The molecule has 1 N–H and O–H groups in total. The summed E-state index contributed by atoms with van der Waals surface area (Å²) >= 11 is 0. The van der Waals surface area contributed by atoms with Crippen molar-refractivity contribution in [3.63, 3.8) is 0 Å². The number of hydrogen-bond donors (Lipinski definition) is 1. The molecule has 0 radical (unpaired) electrons. The number of nitrogens with one attached hydrogen (secondary N) is 1. The Bertz CT molecular complexity index is 575. The molecule has 0 aromatic heterocycles. The Kier molecular flexibility index (Phi) is 5.40. The topological polar surface area (TPSA) is 21.3 Å². The minimum absolute atomic E-state index is 0.272. The zero-order valence-electron chi connectivity index (χ0n) is 13.4. The van der Waals surface area contributed by atoms with Crippen LogP contribution in [0.1, 0.15) is 35.2 Å². The van der Waals surface area contributed by atoms with Crippen molar-refractivity contribution < 1.29 is 4.74 Å². The molecule has 21 heavy (non-hydrogen) atoms. The predicted molar refractivity (Wildman–Crippen MR) is 89.0 cm³/mol. The molecule has 0 aliphatic heterocycles. The van der Waals surface area contributed by atoms with Gasteiger partial charge in [0.2, 0.25) is 0 Å². The summed E-state index contributed by atoms with van der Waals surface area (Å²) in [6.07, 6.45) is 0.966. The highest BCUT2D eigenvalue weighted by molar-refractivity contribution is 5.40. The summed E-state index contributed by atoms with van der Waals surface area (Å²) in [5.74, 6) is 0.966. The first kappa shape index (κ1) is 15.6. The van der Waals surface area contributed by atoms with E-state index in [-0.39, 0.29) is 6.04 Å². The normalized spacial score (nSPS) is 12.2. The molecular weight excluding hydrogens is 258 g/mol. The molecule has 1 unspecified atom stereocenters. The average molecular weight is 283 g/mol. The molecule has 2 aromatic carbocycles. The van der Waals surface area contributed by atoms with Crippen LogP contribution in [-0.2, 0) is 6.42 Å². The molecule has 0 saturated heterocycles. The van der Waals surface area contributed by atoms with E-state index in [0.717, 1.165) is 18.7 Å². The maximum absolute atomic E-state index is 5.57. The molecule has 0 aliphatic rings. The van der Waals surface area contributed by atoms with Crippen molar-refractivity contribution in [3.8, 4) is 5.75 Å². The summed E-state index contributed by atoms with van der Waals surface area (Å²) in [5, 5.41) is 3.58. The second-order valence-electron chi connectivity index (χ2n) is 5.55. The van der Waals surface area contributed by atoms with Crippen LogP contribution in [0, 0.1) is 13.8 Å². The first-order chi connectivity index (χ1) is 10.1. The van der Waals surface area contributed by atoms with Crippen molar-refractivity contribution in [1.29, 1.82) is 0 Å². The molecule has 0 saturated carbocycles. The third kappa shape index (κ3) is 4.08. The van der Waals surface area contributed by atoms with Crippen molar-refractivity contribution in [2.75, 3.05) is 13.7 Å².